The molecule has 0 saturated heterocycles. The monoisotopic (exact) mass is 240 g/mol. The second-order valence-electron chi connectivity index (χ2n) is 3.57. The number of hydrogen-bond acceptors (Lipinski definition) is 4. The molecule has 0 radical (unpaired) electrons. The average Bonchev–Trinajstić information content (AvgIpc) is 1.97. The first-order chi connectivity index (χ1) is 5.86. The molecule has 0 saturated carbocycles. The van der Waals surface area contributed by atoms with Crippen LogP contribution in [-0.4, -0.2) is 21.6 Å². The van der Waals surface area contributed by atoms with Crippen LogP contribution in [0.1, 0.15) is 27.7 Å². The molecule has 0 aliphatic heterocycles. The molecule has 0 rings (SSSR count). The van der Waals surface area contributed by atoms with E-state index in [2.05, 4.69) is 27.7 Å². The molecule has 0 aliphatic rings. The Labute approximate surface area is 91.4 Å². The summed E-state index contributed by atoms with van der Waals surface area (Å²) in [7, 11) is 4.70. The zero-order valence-corrected chi connectivity index (χ0v) is 10.8. The third-order valence-corrected chi connectivity index (χ3v) is 6.91. The summed E-state index contributed by atoms with van der Waals surface area (Å²) < 4.78 is 0.205. The van der Waals surface area contributed by atoms with Crippen molar-refractivity contribution in [2.75, 3.05) is 5.75 Å². The van der Waals surface area contributed by atoms with Crippen molar-refractivity contribution in [1.29, 1.82) is 0 Å². The fraction of sp³-hybridized carbons (Fsp3) is 0.875. The molecule has 2 nitrogen and oxygen atoms in total. The largest absolute Gasteiger partial charge is 0.481 e. The summed E-state index contributed by atoms with van der Waals surface area (Å²) in [5, 5.41) is 8.41. The molecule has 13 heavy (non-hydrogen) atoms. The Bertz CT molecular complexity index is 169. The van der Waals surface area contributed by atoms with E-state index in [1.807, 2.05) is 0 Å². The molecule has 0 bridgehead atoms. The van der Waals surface area contributed by atoms with Gasteiger partial charge in [0.2, 0.25) is 0 Å². The van der Waals surface area contributed by atoms with Crippen molar-refractivity contribution in [3.63, 3.8) is 0 Å². The van der Waals surface area contributed by atoms with Gasteiger partial charge in [-0.1, -0.05) is 35.4 Å². The lowest BCUT2D eigenvalue weighted by Gasteiger charge is -2.26. The first-order valence-electron chi connectivity index (χ1n) is 4.05. The fourth-order valence-corrected chi connectivity index (χ4v) is 4.99. The van der Waals surface area contributed by atoms with Crippen LogP contribution in [0.5, 0.6) is 0 Å². The topological polar surface area (TPSA) is 37.3 Å². The molecule has 5 heteroatoms. The average molecular weight is 240 g/mol. The second-order valence-corrected chi connectivity index (χ2v) is 8.28. The van der Waals surface area contributed by atoms with Crippen LogP contribution >= 0.6 is 31.4 Å². The maximum Gasteiger partial charge on any atom is 0.314 e. The van der Waals surface area contributed by atoms with Crippen LogP contribution in [0.15, 0.2) is 0 Å². The Morgan fingerprint density at radius 2 is 2.00 bits per heavy atom. The lowest BCUT2D eigenvalue weighted by atomic mass is 10.00. The minimum atomic E-state index is -0.750. The molecule has 78 valence electrons. The van der Waals surface area contributed by atoms with Crippen LogP contribution in [0.25, 0.3) is 0 Å². The standard InChI is InChI=1S/C8H16O2S3/c1-6(2)8(3,4)12-13-11-5-7(9)10/h6H,5H2,1-4H3,(H,9,10). The molecular weight excluding hydrogens is 224 g/mol. The van der Waals surface area contributed by atoms with Gasteiger partial charge >= 0.3 is 5.97 Å². The predicted octanol–water partition coefficient (Wildman–Crippen LogP) is 3.54. The van der Waals surface area contributed by atoms with Gasteiger partial charge in [0.15, 0.2) is 0 Å². The highest BCUT2D eigenvalue weighted by Gasteiger charge is 2.23. The Hall–Kier alpha value is 0.520. The Morgan fingerprint density at radius 3 is 2.38 bits per heavy atom. The molecule has 0 aromatic rings. The van der Waals surface area contributed by atoms with E-state index < -0.39 is 5.97 Å². The number of aliphatic carboxylic acids is 1. The maximum atomic E-state index is 10.2. The van der Waals surface area contributed by atoms with E-state index in [1.165, 1.54) is 10.8 Å². The summed E-state index contributed by atoms with van der Waals surface area (Å²) in [6.07, 6.45) is 0. The van der Waals surface area contributed by atoms with Crippen molar-refractivity contribution in [3.8, 4) is 0 Å². The Morgan fingerprint density at radius 1 is 1.46 bits per heavy atom. The van der Waals surface area contributed by atoms with E-state index in [1.54, 1.807) is 20.6 Å². The number of rotatable bonds is 6. The lowest BCUT2D eigenvalue weighted by Crippen LogP contribution is -2.20. The van der Waals surface area contributed by atoms with Crippen molar-refractivity contribution in [2.45, 2.75) is 32.4 Å². The number of carbonyl (C=O) groups is 1. The molecule has 0 aromatic heterocycles. The van der Waals surface area contributed by atoms with E-state index >= 15 is 0 Å². The normalized spacial score (nSPS) is 12.1. The van der Waals surface area contributed by atoms with Crippen molar-refractivity contribution >= 4 is 37.4 Å². The Balaban J connectivity index is 3.58. The second kappa shape index (κ2) is 6.09. The van der Waals surface area contributed by atoms with Crippen molar-refractivity contribution in [1.82, 2.24) is 0 Å². The Kier molecular flexibility index (Phi) is 6.33. The van der Waals surface area contributed by atoms with E-state index in [4.69, 9.17) is 5.11 Å². The smallest absolute Gasteiger partial charge is 0.314 e. The van der Waals surface area contributed by atoms with Crippen molar-refractivity contribution in [3.05, 3.63) is 0 Å². The zero-order valence-electron chi connectivity index (χ0n) is 8.36. The molecule has 0 fully saturated rings. The summed E-state index contributed by atoms with van der Waals surface area (Å²) in [4.78, 5) is 10.2. The van der Waals surface area contributed by atoms with Gasteiger partial charge in [0.25, 0.3) is 0 Å². The molecule has 0 heterocycles. The van der Waals surface area contributed by atoms with E-state index in [0.29, 0.717) is 5.92 Å². The maximum absolute atomic E-state index is 10.2. The molecule has 0 spiro atoms. The number of carboxylic acid groups (broad SMARTS) is 1. The van der Waals surface area contributed by atoms with Crippen LogP contribution < -0.4 is 0 Å². The number of carboxylic acids is 1. The van der Waals surface area contributed by atoms with Crippen molar-refractivity contribution in [2.24, 2.45) is 5.92 Å². The SMILES string of the molecule is CC(C)C(C)(C)SSSCC(=O)O. The molecule has 0 unspecified atom stereocenters. The van der Waals surface area contributed by atoms with Crippen LogP contribution in [0.4, 0.5) is 0 Å². The molecular formula is C8H16O2S3. The zero-order chi connectivity index (χ0) is 10.5. The minimum Gasteiger partial charge on any atom is -0.481 e. The fourth-order valence-electron chi connectivity index (χ4n) is 0.282. The van der Waals surface area contributed by atoms with Crippen LogP contribution in [-0.2, 0) is 4.79 Å². The van der Waals surface area contributed by atoms with Crippen LogP contribution in [0.3, 0.4) is 0 Å². The van der Waals surface area contributed by atoms with Gasteiger partial charge in [0, 0.05) is 4.75 Å². The first kappa shape index (κ1) is 13.5. The summed E-state index contributed by atoms with van der Waals surface area (Å²) >= 11 is 0. The van der Waals surface area contributed by atoms with Crippen LogP contribution in [0, 0.1) is 5.92 Å². The number of hydrogen-bond donors (Lipinski definition) is 1. The van der Waals surface area contributed by atoms with Gasteiger partial charge in [-0.2, -0.15) is 0 Å². The van der Waals surface area contributed by atoms with Gasteiger partial charge in [0.05, 0.1) is 0 Å². The summed E-state index contributed by atoms with van der Waals surface area (Å²) in [6.45, 7) is 8.71. The molecule has 0 aliphatic carbocycles. The van der Waals surface area contributed by atoms with Gasteiger partial charge in [-0.15, -0.1) is 0 Å². The van der Waals surface area contributed by atoms with E-state index in [9.17, 15) is 4.79 Å². The molecule has 0 amide bonds. The lowest BCUT2D eigenvalue weighted by molar-refractivity contribution is -0.133. The van der Waals surface area contributed by atoms with Gasteiger partial charge in [-0.05, 0) is 29.6 Å². The predicted molar refractivity (Wildman–Crippen MR) is 64.2 cm³/mol. The summed E-state index contributed by atoms with van der Waals surface area (Å²) in [5.41, 5.74) is 0. The third kappa shape index (κ3) is 6.57. The minimum absolute atomic E-state index is 0.172. The molecule has 0 atom stereocenters. The van der Waals surface area contributed by atoms with Crippen molar-refractivity contribution < 1.29 is 9.90 Å². The van der Waals surface area contributed by atoms with E-state index in [-0.39, 0.29) is 10.5 Å². The summed E-state index contributed by atoms with van der Waals surface area (Å²) in [5.74, 6) is 0.0159. The van der Waals surface area contributed by atoms with Gasteiger partial charge < -0.3 is 5.11 Å². The molecule has 0 aromatic carbocycles. The van der Waals surface area contributed by atoms with Crippen LogP contribution in [0.2, 0.25) is 0 Å². The molecule has 1 N–H and O–H groups in total. The van der Waals surface area contributed by atoms with E-state index in [0.717, 1.165) is 0 Å². The third-order valence-electron chi connectivity index (χ3n) is 1.87. The van der Waals surface area contributed by atoms with Gasteiger partial charge in [-0.25, -0.2) is 0 Å². The highest BCUT2D eigenvalue weighted by molar-refractivity contribution is 9.09. The quantitative estimate of drug-likeness (QED) is 0.568. The highest BCUT2D eigenvalue weighted by Crippen LogP contribution is 2.46. The highest BCUT2D eigenvalue weighted by atomic mass is 33.5. The van der Waals surface area contributed by atoms with Gasteiger partial charge in [-0.3, -0.25) is 4.79 Å². The van der Waals surface area contributed by atoms with Gasteiger partial charge in [0.1, 0.15) is 5.75 Å². The first-order valence-corrected chi connectivity index (χ1v) is 7.70. The summed E-state index contributed by atoms with van der Waals surface area (Å²) in [6, 6.07) is 0.